The van der Waals surface area contributed by atoms with E-state index in [-0.39, 0.29) is 17.7 Å². The first kappa shape index (κ1) is 31.7. The summed E-state index contributed by atoms with van der Waals surface area (Å²) in [6.07, 6.45) is 5.03. The summed E-state index contributed by atoms with van der Waals surface area (Å²) in [7, 11) is -1.74. The van der Waals surface area contributed by atoms with Crippen molar-refractivity contribution < 1.29 is 0 Å². The molecular weight excluding hydrogens is 645 g/mol. The molecule has 0 amide bonds. The Morgan fingerprint density at radius 3 is 1.90 bits per heavy atom. The smallest absolute Gasteiger partial charge is 0.252 e. The zero-order valence-electron chi connectivity index (χ0n) is 31.0. The molecule has 1 saturated carbocycles. The average Bonchev–Trinajstić information content (AvgIpc) is 3.38. The molecule has 2 unspecified atom stereocenters. The van der Waals surface area contributed by atoms with Gasteiger partial charge in [-0.3, -0.25) is 0 Å². The third kappa shape index (κ3) is 4.32. The van der Waals surface area contributed by atoms with E-state index in [1.807, 2.05) is 0 Å². The van der Waals surface area contributed by atoms with Gasteiger partial charge < -0.3 is 14.7 Å². The Balaban J connectivity index is 1.30. The van der Waals surface area contributed by atoms with Gasteiger partial charge in [0.2, 0.25) is 0 Å². The fourth-order valence-electron chi connectivity index (χ4n) is 10.3. The molecule has 256 valence electrons. The molecule has 0 aromatic heterocycles. The van der Waals surface area contributed by atoms with Gasteiger partial charge in [0.25, 0.3) is 6.71 Å². The number of rotatable bonds is 5. The molecule has 4 aliphatic rings. The lowest BCUT2D eigenvalue weighted by Gasteiger charge is -2.53. The van der Waals surface area contributed by atoms with Crippen LogP contribution in [-0.2, 0) is 5.41 Å². The molecule has 0 saturated heterocycles. The van der Waals surface area contributed by atoms with E-state index in [1.165, 1.54) is 75.7 Å². The lowest BCUT2D eigenvalue weighted by atomic mass is 9.33. The summed E-state index contributed by atoms with van der Waals surface area (Å²) in [6, 6.07) is 52.5. The van der Waals surface area contributed by atoms with E-state index in [0.29, 0.717) is 0 Å². The lowest BCUT2D eigenvalue weighted by Crippen LogP contribution is -2.65. The molecule has 0 bridgehead atoms. The van der Waals surface area contributed by atoms with Crippen molar-refractivity contribution in [2.45, 2.75) is 70.1 Å². The minimum atomic E-state index is -1.74. The summed E-state index contributed by atoms with van der Waals surface area (Å²) in [5, 5.41) is 1.52. The summed E-state index contributed by atoms with van der Waals surface area (Å²) >= 11 is 0. The summed E-state index contributed by atoms with van der Waals surface area (Å²) in [6.45, 7) is 12.8. The van der Waals surface area contributed by atoms with Gasteiger partial charge in [0.1, 0.15) is 0 Å². The molecule has 1 fully saturated rings. The Morgan fingerprint density at radius 1 is 0.596 bits per heavy atom. The molecule has 6 aromatic carbocycles. The van der Waals surface area contributed by atoms with Crippen molar-refractivity contribution in [3.8, 4) is 0 Å². The topological polar surface area (TPSA) is 9.72 Å². The van der Waals surface area contributed by atoms with E-state index < -0.39 is 8.07 Å². The molecular formula is C47H46BN3Si. The number of benzene rings is 6. The van der Waals surface area contributed by atoms with Gasteiger partial charge in [-0.05, 0) is 102 Å². The van der Waals surface area contributed by atoms with Crippen LogP contribution < -0.4 is 36.3 Å². The van der Waals surface area contributed by atoms with Crippen molar-refractivity contribution in [2.24, 2.45) is 0 Å². The highest BCUT2D eigenvalue weighted by Gasteiger charge is 2.61. The average molecular weight is 692 g/mol. The van der Waals surface area contributed by atoms with Gasteiger partial charge in [-0.2, -0.15) is 0 Å². The molecule has 0 radical (unpaired) electrons. The van der Waals surface area contributed by atoms with E-state index in [2.05, 4.69) is 188 Å². The van der Waals surface area contributed by atoms with E-state index in [4.69, 9.17) is 0 Å². The molecule has 3 aliphatic heterocycles. The van der Waals surface area contributed by atoms with Crippen molar-refractivity contribution in [3.05, 3.63) is 145 Å². The number of hydrogen-bond acceptors (Lipinski definition) is 3. The van der Waals surface area contributed by atoms with Crippen LogP contribution in [0.1, 0.15) is 45.1 Å². The maximum absolute atomic E-state index is 2.87. The van der Waals surface area contributed by atoms with Crippen molar-refractivity contribution >= 4 is 81.9 Å². The highest BCUT2D eigenvalue weighted by atomic mass is 28.3. The Kier molecular flexibility index (Phi) is 6.86. The molecule has 10 rings (SSSR count). The highest BCUT2D eigenvalue weighted by molar-refractivity contribution is 7.00. The van der Waals surface area contributed by atoms with Crippen LogP contribution in [0.25, 0.3) is 0 Å². The maximum Gasteiger partial charge on any atom is 0.252 e. The third-order valence-electron chi connectivity index (χ3n) is 13.1. The first-order valence-corrected chi connectivity index (χ1v) is 22.7. The number of hydrogen-bond donors (Lipinski definition) is 0. The van der Waals surface area contributed by atoms with Crippen LogP contribution in [0, 0.1) is 0 Å². The first-order valence-electron chi connectivity index (χ1n) is 19.2. The summed E-state index contributed by atoms with van der Waals surface area (Å²) in [4.78, 5) is 7.86. The fraction of sp³-hybridized carbons (Fsp3) is 0.234. The molecule has 52 heavy (non-hydrogen) atoms. The van der Waals surface area contributed by atoms with Gasteiger partial charge in [0.15, 0.2) is 0 Å². The summed E-state index contributed by atoms with van der Waals surface area (Å²) in [5.74, 6) is 0. The largest absolute Gasteiger partial charge is 0.335 e. The standard InChI is InChI=1S/C47H46BN3Si/c1-46-28-15-16-29-47(46,2)51-43-32-37(52(3,4)5)31-42-44(43)48(40-25-17-24-38(46)45(40)51)39-27-26-36(30-41(39)50(42)35-22-13-8-14-23-35)49(33-18-9-6-10-19-33)34-20-11-7-12-21-34/h6-14,17-27,30-32H,15-16,28-29H2,1-5H3. The second-order valence-corrected chi connectivity index (χ2v) is 22.0. The maximum atomic E-state index is 2.87. The van der Waals surface area contributed by atoms with Gasteiger partial charge in [0.05, 0.1) is 13.6 Å². The molecule has 2 atom stereocenters. The van der Waals surface area contributed by atoms with E-state index >= 15 is 0 Å². The van der Waals surface area contributed by atoms with Crippen molar-refractivity contribution in [1.29, 1.82) is 0 Å². The minimum absolute atomic E-state index is 0.0219. The van der Waals surface area contributed by atoms with E-state index in [9.17, 15) is 0 Å². The zero-order valence-corrected chi connectivity index (χ0v) is 32.0. The molecule has 3 heterocycles. The molecule has 0 N–H and O–H groups in total. The van der Waals surface area contributed by atoms with Gasteiger partial charge >= 0.3 is 0 Å². The van der Waals surface area contributed by atoms with Crippen LogP contribution in [0.3, 0.4) is 0 Å². The Hall–Kier alpha value is -5.00. The summed E-state index contributed by atoms with van der Waals surface area (Å²) in [5.41, 5.74) is 16.2. The first-order chi connectivity index (χ1) is 25.2. The van der Waals surface area contributed by atoms with Gasteiger partial charge in [-0.25, -0.2) is 0 Å². The Morgan fingerprint density at radius 2 is 1.23 bits per heavy atom. The van der Waals surface area contributed by atoms with Crippen molar-refractivity contribution in [2.75, 3.05) is 14.7 Å². The quantitative estimate of drug-likeness (QED) is 0.167. The Bertz CT molecular complexity index is 2320. The molecule has 5 heteroatoms. The van der Waals surface area contributed by atoms with E-state index in [1.54, 1.807) is 5.56 Å². The Labute approximate surface area is 310 Å². The SMILES string of the molecule is CC12CCCCC1(C)N1c3cc([Si](C)(C)C)cc4c3B(c3ccc(N(c5ccccc5)c5ccccc5)cc3N4c3ccccc3)c3cccc2c31. The van der Waals surface area contributed by atoms with Crippen molar-refractivity contribution in [1.82, 2.24) is 0 Å². The highest BCUT2D eigenvalue weighted by Crippen LogP contribution is 2.61. The number of fused-ring (bicyclic) bond motifs is 7. The predicted octanol–water partition coefficient (Wildman–Crippen LogP) is 10.1. The molecule has 3 nitrogen and oxygen atoms in total. The van der Waals surface area contributed by atoms with Crippen LogP contribution in [0.4, 0.5) is 45.5 Å². The minimum Gasteiger partial charge on any atom is -0.335 e. The van der Waals surface area contributed by atoms with Gasteiger partial charge in [0, 0.05) is 50.9 Å². The summed E-state index contributed by atoms with van der Waals surface area (Å²) < 4.78 is 0. The predicted molar refractivity (Wildman–Crippen MR) is 226 cm³/mol. The van der Waals surface area contributed by atoms with Gasteiger partial charge in [-0.15, -0.1) is 0 Å². The number of nitrogens with zero attached hydrogens (tertiary/aromatic N) is 3. The molecule has 0 spiro atoms. The van der Waals surface area contributed by atoms with Crippen LogP contribution in [0.15, 0.2) is 140 Å². The second kappa shape index (κ2) is 11.2. The zero-order chi connectivity index (χ0) is 35.4. The van der Waals surface area contributed by atoms with Crippen LogP contribution in [0.2, 0.25) is 19.6 Å². The number of anilines is 8. The monoisotopic (exact) mass is 691 g/mol. The van der Waals surface area contributed by atoms with Crippen LogP contribution in [-0.4, -0.2) is 20.3 Å². The number of para-hydroxylation sites is 4. The third-order valence-corrected chi connectivity index (χ3v) is 15.1. The lowest BCUT2D eigenvalue weighted by molar-refractivity contribution is 0.195. The molecule has 6 aromatic rings. The second-order valence-electron chi connectivity index (χ2n) is 16.9. The fourth-order valence-corrected chi connectivity index (χ4v) is 11.4. The van der Waals surface area contributed by atoms with Crippen LogP contribution >= 0.6 is 0 Å². The van der Waals surface area contributed by atoms with Gasteiger partial charge in [-0.1, -0.05) is 123 Å². The van der Waals surface area contributed by atoms with Crippen LogP contribution in [0.5, 0.6) is 0 Å². The van der Waals surface area contributed by atoms with Crippen molar-refractivity contribution in [3.63, 3.8) is 0 Å². The van der Waals surface area contributed by atoms with E-state index in [0.717, 1.165) is 17.1 Å². The normalized spacial score (nSPS) is 20.9. The molecule has 1 aliphatic carbocycles.